The van der Waals surface area contributed by atoms with Gasteiger partial charge in [0, 0.05) is 6.07 Å². The third-order valence-electron chi connectivity index (χ3n) is 4.07. The van der Waals surface area contributed by atoms with Gasteiger partial charge in [0.25, 0.3) is 0 Å². The molecule has 4 heteroatoms. The fourth-order valence-corrected chi connectivity index (χ4v) is 2.57. The maximum atomic E-state index is 9.40. The second kappa shape index (κ2) is 6.51. The molecule has 3 aromatic rings. The van der Waals surface area contributed by atoms with Crippen molar-refractivity contribution in [3.63, 3.8) is 0 Å². The minimum atomic E-state index is 0.459. The minimum absolute atomic E-state index is 0.459. The van der Waals surface area contributed by atoms with Crippen molar-refractivity contribution in [3.05, 3.63) is 77.0 Å². The van der Waals surface area contributed by atoms with E-state index in [4.69, 9.17) is 10.5 Å². The summed E-state index contributed by atoms with van der Waals surface area (Å²) in [5, 5.41) is 9.40. The van der Waals surface area contributed by atoms with Gasteiger partial charge in [0.1, 0.15) is 17.5 Å². The Bertz CT molecular complexity index is 905. The largest absolute Gasteiger partial charge is 0.439 e. The van der Waals surface area contributed by atoms with Crippen LogP contribution >= 0.6 is 0 Å². The number of benzene rings is 2. The molecule has 0 bridgehead atoms. The van der Waals surface area contributed by atoms with Gasteiger partial charge in [0.2, 0.25) is 5.88 Å². The number of aryl methyl sites for hydroxylation is 2. The van der Waals surface area contributed by atoms with Crippen molar-refractivity contribution in [2.45, 2.75) is 20.4 Å². The van der Waals surface area contributed by atoms with E-state index in [0.29, 0.717) is 29.6 Å². The summed E-state index contributed by atoms with van der Waals surface area (Å²) in [6.07, 6.45) is 0. The maximum absolute atomic E-state index is 9.40. The molecular formula is C20H19N3O. The molecule has 1 heterocycles. The Balaban J connectivity index is 1.99. The zero-order chi connectivity index (χ0) is 17.1. The molecule has 0 spiro atoms. The summed E-state index contributed by atoms with van der Waals surface area (Å²) in [5.74, 6) is 1.21. The van der Waals surface area contributed by atoms with Gasteiger partial charge in [0.05, 0.1) is 12.2 Å². The molecule has 0 fully saturated rings. The maximum Gasteiger partial charge on any atom is 0.224 e. The Kier molecular flexibility index (Phi) is 4.26. The molecule has 0 saturated heterocycles. The van der Waals surface area contributed by atoms with Crippen molar-refractivity contribution >= 4 is 5.69 Å². The van der Waals surface area contributed by atoms with Crippen LogP contribution in [0.3, 0.4) is 0 Å². The third-order valence-corrected chi connectivity index (χ3v) is 4.07. The average Bonchev–Trinajstić information content (AvgIpc) is 2.88. The van der Waals surface area contributed by atoms with Crippen LogP contribution in [0.25, 0.3) is 0 Å². The van der Waals surface area contributed by atoms with Crippen LogP contribution < -0.4 is 10.5 Å². The van der Waals surface area contributed by atoms with Crippen LogP contribution in [0, 0.1) is 25.2 Å². The second-order valence-corrected chi connectivity index (χ2v) is 5.82. The van der Waals surface area contributed by atoms with Gasteiger partial charge in [0.15, 0.2) is 0 Å². The van der Waals surface area contributed by atoms with Gasteiger partial charge in [-0.1, -0.05) is 36.4 Å². The summed E-state index contributed by atoms with van der Waals surface area (Å²) in [6.45, 7) is 4.62. The lowest BCUT2D eigenvalue weighted by atomic mass is 10.1. The smallest absolute Gasteiger partial charge is 0.224 e. The first-order valence-electron chi connectivity index (χ1n) is 7.76. The summed E-state index contributed by atoms with van der Waals surface area (Å²) in [6, 6.07) is 19.7. The van der Waals surface area contributed by atoms with Crippen LogP contribution in [-0.2, 0) is 6.54 Å². The molecule has 0 aliphatic rings. The number of aromatic nitrogens is 1. The first-order chi connectivity index (χ1) is 11.6. The molecule has 120 valence electrons. The predicted octanol–water partition coefficient (Wildman–Crippen LogP) is 4.40. The SMILES string of the molecule is Cc1ccc(Oc2c(N)cc(C#N)n2Cc2ccccc2)cc1C. The van der Waals surface area contributed by atoms with Crippen molar-refractivity contribution in [3.8, 4) is 17.7 Å². The number of nitrogen functional groups attached to an aromatic ring is 1. The zero-order valence-electron chi connectivity index (χ0n) is 13.8. The molecule has 0 amide bonds. The van der Waals surface area contributed by atoms with Crippen LogP contribution in [0.2, 0.25) is 0 Å². The predicted molar refractivity (Wildman–Crippen MR) is 95.1 cm³/mol. The average molecular weight is 317 g/mol. The van der Waals surface area contributed by atoms with E-state index in [1.54, 1.807) is 10.6 Å². The number of anilines is 1. The lowest BCUT2D eigenvalue weighted by Gasteiger charge is -2.13. The Hall–Kier alpha value is -3.19. The standard InChI is InChI=1S/C20H19N3O/c1-14-8-9-18(10-15(14)2)24-20-19(22)11-17(12-21)23(20)13-16-6-4-3-5-7-16/h3-11H,13,22H2,1-2H3. The van der Waals surface area contributed by atoms with Crippen molar-refractivity contribution < 1.29 is 4.74 Å². The lowest BCUT2D eigenvalue weighted by Crippen LogP contribution is -2.05. The summed E-state index contributed by atoms with van der Waals surface area (Å²) in [4.78, 5) is 0. The molecule has 24 heavy (non-hydrogen) atoms. The van der Waals surface area contributed by atoms with Crippen molar-refractivity contribution in [1.82, 2.24) is 4.57 Å². The molecule has 1 aromatic heterocycles. The van der Waals surface area contributed by atoms with E-state index in [0.717, 1.165) is 11.1 Å². The monoisotopic (exact) mass is 317 g/mol. The number of nitrogens with zero attached hydrogens (tertiary/aromatic N) is 2. The highest BCUT2D eigenvalue weighted by Crippen LogP contribution is 2.32. The van der Waals surface area contributed by atoms with Gasteiger partial charge in [-0.2, -0.15) is 5.26 Å². The van der Waals surface area contributed by atoms with Crippen LogP contribution in [0.4, 0.5) is 5.69 Å². The highest BCUT2D eigenvalue weighted by molar-refractivity contribution is 5.57. The van der Waals surface area contributed by atoms with Gasteiger partial charge in [-0.15, -0.1) is 0 Å². The Labute approximate surface area is 141 Å². The molecule has 4 nitrogen and oxygen atoms in total. The molecule has 3 rings (SSSR count). The molecule has 2 aromatic carbocycles. The lowest BCUT2D eigenvalue weighted by molar-refractivity contribution is 0.437. The Morgan fingerprint density at radius 1 is 1.04 bits per heavy atom. The number of hydrogen-bond acceptors (Lipinski definition) is 3. The second-order valence-electron chi connectivity index (χ2n) is 5.82. The Morgan fingerprint density at radius 2 is 1.79 bits per heavy atom. The quantitative estimate of drug-likeness (QED) is 0.775. The Morgan fingerprint density at radius 3 is 2.46 bits per heavy atom. The molecule has 0 unspecified atom stereocenters. The van der Waals surface area contributed by atoms with Crippen LogP contribution in [0.15, 0.2) is 54.6 Å². The summed E-state index contributed by atoms with van der Waals surface area (Å²) in [7, 11) is 0. The number of rotatable bonds is 4. The van der Waals surface area contributed by atoms with Crippen LogP contribution in [-0.4, -0.2) is 4.57 Å². The summed E-state index contributed by atoms with van der Waals surface area (Å²) >= 11 is 0. The van der Waals surface area contributed by atoms with E-state index in [1.807, 2.05) is 55.5 Å². The molecule has 0 aliphatic heterocycles. The molecule has 0 radical (unpaired) electrons. The first-order valence-corrected chi connectivity index (χ1v) is 7.76. The van der Waals surface area contributed by atoms with E-state index in [1.165, 1.54) is 5.56 Å². The number of nitrogens with two attached hydrogens (primary N) is 1. The zero-order valence-corrected chi connectivity index (χ0v) is 13.8. The number of ether oxygens (including phenoxy) is 1. The van der Waals surface area contributed by atoms with E-state index in [9.17, 15) is 5.26 Å². The highest BCUT2D eigenvalue weighted by Gasteiger charge is 2.16. The molecule has 0 saturated carbocycles. The van der Waals surface area contributed by atoms with E-state index >= 15 is 0 Å². The number of hydrogen-bond donors (Lipinski definition) is 1. The van der Waals surface area contributed by atoms with Gasteiger partial charge < -0.3 is 10.5 Å². The van der Waals surface area contributed by atoms with Crippen molar-refractivity contribution in [1.29, 1.82) is 5.26 Å². The van der Waals surface area contributed by atoms with Gasteiger partial charge in [-0.3, -0.25) is 4.57 Å². The molecule has 0 aliphatic carbocycles. The van der Waals surface area contributed by atoms with Crippen LogP contribution in [0.1, 0.15) is 22.4 Å². The summed E-state index contributed by atoms with van der Waals surface area (Å²) < 4.78 is 7.82. The van der Waals surface area contributed by atoms with Gasteiger partial charge in [-0.05, 0) is 42.7 Å². The van der Waals surface area contributed by atoms with Crippen molar-refractivity contribution in [2.75, 3.05) is 5.73 Å². The number of nitriles is 1. The fourth-order valence-electron chi connectivity index (χ4n) is 2.57. The highest BCUT2D eigenvalue weighted by atomic mass is 16.5. The molecule has 2 N–H and O–H groups in total. The summed E-state index contributed by atoms with van der Waals surface area (Å²) in [5.41, 5.74) is 10.5. The van der Waals surface area contributed by atoms with E-state index in [2.05, 4.69) is 13.0 Å². The fraction of sp³-hybridized carbons (Fsp3) is 0.150. The topological polar surface area (TPSA) is 64.0 Å². The molecule has 0 atom stereocenters. The van der Waals surface area contributed by atoms with E-state index < -0.39 is 0 Å². The molecular weight excluding hydrogens is 298 g/mol. The third kappa shape index (κ3) is 3.11. The normalized spacial score (nSPS) is 10.4. The van der Waals surface area contributed by atoms with Crippen LogP contribution in [0.5, 0.6) is 11.6 Å². The van der Waals surface area contributed by atoms with Gasteiger partial charge >= 0.3 is 0 Å². The van der Waals surface area contributed by atoms with E-state index in [-0.39, 0.29) is 0 Å². The van der Waals surface area contributed by atoms with Gasteiger partial charge in [-0.25, -0.2) is 0 Å². The first kappa shape index (κ1) is 15.7. The minimum Gasteiger partial charge on any atom is -0.439 e. The van der Waals surface area contributed by atoms with Crippen molar-refractivity contribution in [2.24, 2.45) is 0 Å².